The van der Waals surface area contributed by atoms with Gasteiger partial charge < -0.3 is 19.5 Å². The van der Waals surface area contributed by atoms with E-state index in [2.05, 4.69) is 12.2 Å². The summed E-state index contributed by atoms with van der Waals surface area (Å²) >= 11 is 0. The van der Waals surface area contributed by atoms with Gasteiger partial charge in [-0.3, -0.25) is 0 Å². The fraction of sp³-hybridized carbons (Fsp3) is 0.650. The largest absolute Gasteiger partial charge is 0.495 e. The van der Waals surface area contributed by atoms with E-state index in [1.807, 2.05) is 57.7 Å². The molecule has 142 valence electrons. The van der Waals surface area contributed by atoms with E-state index in [1.165, 1.54) is 0 Å². The predicted octanol–water partition coefficient (Wildman–Crippen LogP) is 3.56. The Kier molecular flexibility index (Phi) is 5.10. The molecule has 0 saturated carbocycles. The molecule has 6 heteroatoms. The third kappa shape index (κ3) is 3.76. The van der Waals surface area contributed by atoms with E-state index in [1.54, 1.807) is 0 Å². The number of likely N-dealkylation sites (tertiary alicyclic amines) is 1. The lowest BCUT2D eigenvalue weighted by Gasteiger charge is -2.32. The zero-order valence-corrected chi connectivity index (χ0v) is 16.9. The van der Waals surface area contributed by atoms with Crippen LogP contribution < -0.4 is 10.8 Å². The number of benzene rings is 1. The highest BCUT2D eigenvalue weighted by Crippen LogP contribution is 2.36. The zero-order valence-electron chi connectivity index (χ0n) is 16.9. The summed E-state index contributed by atoms with van der Waals surface area (Å²) in [6.07, 6.45) is 2.14. The van der Waals surface area contributed by atoms with Gasteiger partial charge in [0.1, 0.15) is 0 Å². The van der Waals surface area contributed by atoms with Crippen molar-refractivity contribution in [2.45, 2.75) is 65.6 Å². The van der Waals surface area contributed by atoms with Gasteiger partial charge in [0.15, 0.2) is 0 Å². The quantitative estimate of drug-likeness (QED) is 0.823. The van der Waals surface area contributed by atoms with E-state index in [0.717, 1.165) is 42.6 Å². The Morgan fingerprint density at radius 2 is 1.73 bits per heavy atom. The molecule has 1 aromatic rings. The summed E-state index contributed by atoms with van der Waals surface area (Å²) in [7, 11) is -0.423. The number of amides is 2. The molecule has 2 heterocycles. The molecule has 0 atom stereocenters. The second kappa shape index (κ2) is 6.89. The average molecular weight is 358 g/mol. The summed E-state index contributed by atoms with van der Waals surface area (Å²) < 4.78 is 12.3. The molecule has 2 amide bonds. The fourth-order valence-corrected chi connectivity index (χ4v) is 3.36. The summed E-state index contributed by atoms with van der Waals surface area (Å²) in [5.74, 6) is 0.702. The maximum atomic E-state index is 12.6. The summed E-state index contributed by atoms with van der Waals surface area (Å²) in [6, 6.07) is 5.89. The van der Waals surface area contributed by atoms with Crippen molar-refractivity contribution in [3.8, 4) is 0 Å². The Hall–Kier alpha value is -1.53. The van der Waals surface area contributed by atoms with Crippen LogP contribution in [0.1, 0.15) is 53.0 Å². The first-order valence-electron chi connectivity index (χ1n) is 9.61. The van der Waals surface area contributed by atoms with E-state index in [4.69, 9.17) is 9.31 Å². The average Bonchev–Trinajstić information content (AvgIpc) is 2.77. The van der Waals surface area contributed by atoms with Gasteiger partial charge in [0.2, 0.25) is 0 Å². The van der Waals surface area contributed by atoms with Crippen molar-refractivity contribution in [1.29, 1.82) is 0 Å². The second-order valence-electron chi connectivity index (χ2n) is 8.76. The molecule has 5 nitrogen and oxygen atoms in total. The molecule has 2 aliphatic rings. The normalized spacial score (nSPS) is 22.5. The Labute approximate surface area is 157 Å². The highest BCUT2D eigenvalue weighted by molar-refractivity contribution is 6.62. The number of hydrogen-bond donors (Lipinski definition) is 1. The van der Waals surface area contributed by atoms with Crippen LogP contribution in [0.15, 0.2) is 18.2 Å². The summed E-state index contributed by atoms with van der Waals surface area (Å²) in [6.45, 7) is 14.1. The van der Waals surface area contributed by atoms with Crippen molar-refractivity contribution >= 4 is 24.3 Å². The minimum Gasteiger partial charge on any atom is -0.399 e. The minimum atomic E-state index is -0.423. The molecule has 0 spiro atoms. The lowest BCUT2D eigenvalue weighted by atomic mass is 9.76. The van der Waals surface area contributed by atoms with Crippen LogP contribution in [0, 0.1) is 12.8 Å². The van der Waals surface area contributed by atoms with Gasteiger partial charge in [0, 0.05) is 18.8 Å². The molecule has 0 radical (unpaired) electrons. The molecule has 26 heavy (non-hydrogen) atoms. The van der Waals surface area contributed by atoms with Crippen LogP contribution >= 0.6 is 0 Å². The lowest BCUT2D eigenvalue weighted by Crippen LogP contribution is -2.41. The number of urea groups is 1. The van der Waals surface area contributed by atoms with Gasteiger partial charge in [-0.15, -0.1) is 0 Å². The SMILES string of the molecule is Cc1ccc(NC(=O)N2CCC(C)CC2)cc1B1OC(C)(C)C(C)(C)O1. The van der Waals surface area contributed by atoms with Crippen molar-refractivity contribution in [2.24, 2.45) is 5.92 Å². The molecule has 0 aliphatic carbocycles. The number of nitrogens with one attached hydrogen (secondary N) is 1. The van der Waals surface area contributed by atoms with Crippen LogP contribution in [0.25, 0.3) is 0 Å². The molecular formula is C20H31BN2O3. The topological polar surface area (TPSA) is 50.8 Å². The first-order chi connectivity index (χ1) is 12.1. The Morgan fingerprint density at radius 3 is 2.31 bits per heavy atom. The van der Waals surface area contributed by atoms with Crippen molar-refractivity contribution in [3.63, 3.8) is 0 Å². The Bertz CT molecular complexity index is 666. The highest BCUT2D eigenvalue weighted by atomic mass is 16.7. The number of anilines is 1. The minimum absolute atomic E-state index is 0.0272. The van der Waals surface area contributed by atoms with Gasteiger partial charge in [-0.2, -0.15) is 0 Å². The van der Waals surface area contributed by atoms with Crippen molar-refractivity contribution < 1.29 is 14.1 Å². The van der Waals surface area contributed by atoms with Gasteiger partial charge in [0.05, 0.1) is 11.2 Å². The number of hydrogen-bond acceptors (Lipinski definition) is 3. The van der Waals surface area contributed by atoms with Crippen molar-refractivity contribution in [2.75, 3.05) is 18.4 Å². The Balaban J connectivity index is 1.73. The standard InChI is InChI=1S/C20H31BN2O3/c1-14-9-11-23(12-10-14)18(24)22-16-8-7-15(2)17(13-16)21-25-19(3,4)20(5,6)26-21/h7-8,13-14H,9-12H2,1-6H3,(H,22,24). The number of nitrogens with zero attached hydrogens (tertiary/aromatic N) is 1. The summed E-state index contributed by atoms with van der Waals surface area (Å²) in [5.41, 5.74) is 2.08. The molecule has 2 saturated heterocycles. The summed E-state index contributed by atoms with van der Waals surface area (Å²) in [5, 5.41) is 3.03. The highest BCUT2D eigenvalue weighted by Gasteiger charge is 2.52. The number of carbonyl (C=O) groups is 1. The van der Waals surface area contributed by atoms with E-state index in [-0.39, 0.29) is 17.2 Å². The van der Waals surface area contributed by atoms with Crippen LogP contribution in [0.3, 0.4) is 0 Å². The first kappa shape index (κ1) is 19.2. The summed E-state index contributed by atoms with van der Waals surface area (Å²) in [4.78, 5) is 14.4. The van der Waals surface area contributed by atoms with Gasteiger partial charge in [-0.05, 0) is 71.0 Å². The molecule has 0 unspecified atom stereocenters. The van der Waals surface area contributed by atoms with Gasteiger partial charge in [-0.25, -0.2) is 4.79 Å². The predicted molar refractivity (Wildman–Crippen MR) is 106 cm³/mol. The maximum absolute atomic E-state index is 12.6. The van der Waals surface area contributed by atoms with E-state index < -0.39 is 7.12 Å². The number of rotatable bonds is 2. The van der Waals surface area contributed by atoms with Crippen LogP contribution in [0.2, 0.25) is 0 Å². The van der Waals surface area contributed by atoms with Crippen LogP contribution in [-0.2, 0) is 9.31 Å². The second-order valence-corrected chi connectivity index (χ2v) is 8.76. The zero-order chi connectivity index (χ0) is 19.1. The van der Waals surface area contributed by atoms with Crippen LogP contribution in [0.5, 0.6) is 0 Å². The molecule has 1 aromatic carbocycles. The van der Waals surface area contributed by atoms with Gasteiger partial charge in [0.25, 0.3) is 0 Å². The number of carbonyl (C=O) groups excluding carboxylic acids is 1. The molecular weight excluding hydrogens is 327 g/mol. The molecule has 2 fully saturated rings. The number of piperidine rings is 1. The van der Waals surface area contributed by atoms with Crippen molar-refractivity contribution in [3.05, 3.63) is 23.8 Å². The fourth-order valence-electron chi connectivity index (χ4n) is 3.36. The molecule has 2 aliphatic heterocycles. The maximum Gasteiger partial charge on any atom is 0.495 e. The van der Waals surface area contributed by atoms with E-state index in [9.17, 15) is 4.79 Å². The molecule has 3 rings (SSSR count). The third-order valence-corrected chi connectivity index (χ3v) is 6.11. The smallest absolute Gasteiger partial charge is 0.399 e. The van der Waals surface area contributed by atoms with Crippen LogP contribution in [0.4, 0.5) is 10.5 Å². The lowest BCUT2D eigenvalue weighted by molar-refractivity contribution is 0.00578. The third-order valence-electron chi connectivity index (χ3n) is 6.11. The van der Waals surface area contributed by atoms with Gasteiger partial charge >= 0.3 is 13.1 Å². The number of aryl methyl sites for hydroxylation is 1. The van der Waals surface area contributed by atoms with Crippen molar-refractivity contribution in [1.82, 2.24) is 4.90 Å². The molecule has 1 N–H and O–H groups in total. The molecule has 0 aromatic heterocycles. The monoisotopic (exact) mass is 358 g/mol. The van der Waals surface area contributed by atoms with E-state index >= 15 is 0 Å². The Morgan fingerprint density at radius 1 is 1.15 bits per heavy atom. The molecule has 0 bridgehead atoms. The van der Waals surface area contributed by atoms with Crippen LogP contribution in [-0.4, -0.2) is 42.3 Å². The van der Waals surface area contributed by atoms with Gasteiger partial charge in [-0.1, -0.05) is 18.6 Å². The first-order valence-corrected chi connectivity index (χ1v) is 9.61. The van der Waals surface area contributed by atoms with E-state index in [0.29, 0.717) is 5.92 Å².